The molecule has 4 rings (SSSR count). The van der Waals surface area contributed by atoms with Crippen LogP contribution in [0.5, 0.6) is 0 Å². The molecule has 0 aromatic heterocycles. The molecule has 128 valence electrons. The van der Waals surface area contributed by atoms with Crippen molar-refractivity contribution in [3.63, 3.8) is 0 Å². The maximum Gasteiger partial charge on any atom is 0.316 e. The molecule has 5 nitrogen and oxygen atoms in total. The number of carbonyl (C=O) groups excluding carboxylic acids is 2. The van der Waals surface area contributed by atoms with Crippen LogP contribution < -0.4 is 15.5 Å². The Balaban J connectivity index is 1.77. The van der Waals surface area contributed by atoms with Gasteiger partial charge in [0.2, 0.25) is 0 Å². The van der Waals surface area contributed by atoms with Crippen LogP contribution in [-0.4, -0.2) is 36.3 Å². The van der Waals surface area contributed by atoms with Crippen molar-refractivity contribution in [2.75, 3.05) is 24.5 Å². The van der Waals surface area contributed by atoms with Crippen molar-refractivity contribution in [1.29, 1.82) is 0 Å². The molecule has 0 saturated carbocycles. The number of hydrogen-bond donors (Lipinski definition) is 0. The summed E-state index contributed by atoms with van der Waals surface area (Å²) in [7, 11) is 0. The number of nitrogens with zero attached hydrogens (tertiary/aromatic N) is 3. The van der Waals surface area contributed by atoms with Crippen LogP contribution in [0.15, 0.2) is 41.1 Å². The number of likely N-dealkylation sites (N-methyl/N-ethyl adjacent to an activating group) is 1. The summed E-state index contributed by atoms with van der Waals surface area (Å²) in [5, 5.41) is 2.15. The molecule has 0 saturated heterocycles. The van der Waals surface area contributed by atoms with Crippen LogP contribution in [0.1, 0.15) is 25.8 Å². The predicted octanol–water partition coefficient (Wildman–Crippen LogP) is 1.07. The van der Waals surface area contributed by atoms with Gasteiger partial charge in [-0.15, -0.1) is 0 Å². The van der Waals surface area contributed by atoms with Gasteiger partial charge in [0.1, 0.15) is 0 Å². The van der Waals surface area contributed by atoms with E-state index in [0.29, 0.717) is 19.6 Å². The Labute approximate surface area is 146 Å². The summed E-state index contributed by atoms with van der Waals surface area (Å²) in [6, 6.07) is 3.90. The van der Waals surface area contributed by atoms with Crippen LogP contribution >= 0.6 is 0 Å². The largest absolute Gasteiger partial charge is 0.335 e. The molecule has 1 aromatic carbocycles. The second kappa shape index (κ2) is 5.99. The van der Waals surface area contributed by atoms with Crippen molar-refractivity contribution < 1.29 is 9.59 Å². The highest BCUT2D eigenvalue weighted by Gasteiger charge is 2.33. The molecule has 5 heteroatoms. The van der Waals surface area contributed by atoms with Gasteiger partial charge >= 0.3 is 11.8 Å². The fourth-order valence-corrected chi connectivity index (χ4v) is 3.89. The molecule has 1 aliphatic carbocycles. The first-order chi connectivity index (χ1) is 12.2. The molecule has 2 heterocycles. The topological polar surface area (TPSA) is 53.0 Å². The summed E-state index contributed by atoms with van der Waals surface area (Å²) in [5.41, 5.74) is 4.27. The van der Waals surface area contributed by atoms with Gasteiger partial charge in [-0.25, -0.2) is 4.99 Å². The van der Waals surface area contributed by atoms with E-state index in [4.69, 9.17) is 4.99 Å². The predicted molar refractivity (Wildman–Crippen MR) is 96.5 cm³/mol. The van der Waals surface area contributed by atoms with Gasteiger partial charge in [0.15, 0.2) is 0 Å². The summed E-state index contributed by atoms with van der Waals surface area (Å²) < 4.78 is 0. The van der Waals surface area contributed by atoms with E-state index in [-0.39, 0.29) is 0 Å². The molecule has 0 N–H and O–H groups in total. The average molecular weight is 335 g/mol. The zero-order valence-electron chi connectivity index (χ0n) is 14.6. The molecular weight excluding hydrogens is 314 g/mol. The van der Waals surface area contributed by atoms with E-state index in [1.54, 1.807) is 9.80 Å². The van der Waals surface area contributed by atoms with E-state index in [1.807, 2.05) is 38.1 Å². The van der Waals surface area contributed by atoms with Gasteiger partial charge in [0.05, 0.1) is 11.1 Å². The SMILES string of the molecule is CCN(CC)C(=O)C(=O)N1CCc2c1ccc1c2=C2CC=CC=C2N=1. The Morgan fingerprint density at radius 3 is 2.80 bits per heavy atom. The Kier molecular flexibility index (Phi) is 3.79. The maximum atomic E-state index is 12.7. The first-order valence-electron chi connectivity index (χ1n) is 8.87. The van der Waals surface area contributed by atoms with E-state index in [0.717, 1.165) is 35.1 Å². The lowest BCUT2D eigenvalue weighted by Crippen LogP contribution is -2.44. The number of allylic oxidation sites excluding steroid dienone is 4. The summed E-state index contributed by atoms with van der Waals surface area (Å²) in [4.78, 5) is 33.1. The monoisotopic (exact) mass is 335 g/mol. The second-order valence-electron chi connectivity index (χ2n) is 6.42. The van der Waals surface area contributed by atoms with Gasteiger partial charge in [0.25, 0.3) is 0 Å². The standard InChI is InChI=1S/C20H21N3O2/c1-3-22(4-2)19(24)20(25)23-12-11-14-17(23)10-9-16-18(14)13-7-5-6-8-15(13)21-16/h5-6,8-10H,3-4,7,11-12H2,1-2H3. The lowest BCUT2D eigenvalue weighted by atomic mass is 9.99. The Bertz CT molecular complexity index is 952. The molecule has 25 heavy (non-hydrogen) atoms. The van der Waals surface area contributed by atoms with Crippen LogP contribution in [0, 0.1) is 0 Å². The third kappa shape index (κ3) is 2.34. The smallest absolute Gasteiger partial charge is 0.316 e. The number of amides is 2. The van der Waals surface area contributed by atoms with E-state index in [9.17, 15) is 9.59 Å². The van der Waals surface area contributed by atoms with Crippen LogP contribution in [0.2, 0.25) is 0 Å². The van der Waals surface area contributed by atoms with E-state index < -0.39 is 11.8 Å². The van der Waals surface area contributed by atoms with Crippen molar-refractivity contribution in [3.05, 3.63) is 52.2 Å². The summed E-state index contributed by atoms with van der Waals surface area (Å²) in [6.07, 6.45) is 7.83. The minimum absolute atomic E-state index is 0.420. The first-order valence-corrected chi connectivity index (χ1v) is 8.87. The van der Waals surface area contributed by atoms with Gasteiger partial charge < -0.3 is 9.80 Å². The normalized spacial score (nSPS) is 16.8. The number of fused-ring (bicyclic) bond motifs is 4. The minimum Gasteiger partial charge on any atom is -0.335 e. The molecule has 0 atom stereocenters. The molecule has 3 aliphatic rings. The van der Waals surface area contributed by atoms with Crippen LogP contribution in [-0.2, 0) is 16.0 Å². The van der Waals surface area contributed by atoms with E-state index in [1.165, 1.54) is 10.8 Å². The third-order valence-corrected chi connectivity index (χ3v) is 5.19. The highest BCUT2D eigenvalue weighted by atomic mass is 16.2. The molecule has 2 amide bonds. The van der Waals surface area contributed by atoms with Gasteiger partial charge in [-0.05, 0) is 56.0 Å². The fraction of sp³-hybridized carbons (Fsp3) is 0.350. The molecule has 0 bridgehead atoms. The number of anilines is 1. The molecule has 0 unspecified atom stereocenters. The van der Waals surface area contributed by atoms with Gasteiger partial charge in [-0.2, -0.15) is 0 Å². The summed E-state index contributed by atoms with van der Waals surface area (Å²) in [5.74, 6) is -0.849. The zero-order valence-corrected chi connectivity index (χ0v) is 14.6. The molecule has 0 radical (unpaired) electrons. The Hall–Kier alpha value is -2.69. The van der Waals surface area contributed by atoms with Crippen molar-refractivity contribution in [1.82, 2.24) is 4.90 Å². The van der Waals surface area contributed by atoms with Crippen molar-refractivity contribution in [3.8, 4) is 0 Å². The highest BCUT2D eigenvalue weighted by molar-refractivity contribution is 6.40. The second-order valence-corrected chi connectivity index (χ2v) is 6.42. The van der Waals surface area contributed by atoms with Gasteiger partial charge in [-0.1, -0.05) is 12.2 Å². The molecule has 2 aliphatic heterocycles. The average Bonchev–Trinajstić information content (AvgIpc) is 3.22. The molecular formula is C20H21N3O2. The highest BCUT2D eigenvalue weighted by Crippen LogP contribution is 2.29. The Morgan fingerprint density at radius 1 is 1.24 bits per heavy atom. The quantitative estimate of drug-likeness (QED) is 0.759. The molecule has 1 aromatic rings. The van der Waals surface area contributed by atoms with Crippen molar-refractivity contribution >= 4 is 23.1 Å². The zero-order chi connectivity index (χ0) is 17.6. The van der Waals surface area contributed by atoms with Crippen LogP contribution in [0.3, 0.4) is 0 Å². The maximum absolute atomic E-state index is 12.7. The minimum atomic E-state index is -0.429. The number of carbonyl (C=O) groups is 2. The lowest BCUT2D eigenvalue weighted by molar-refractivity contribution is -0.144. The number of rotatable bonds is 2. The summed E-state index contributed by atoms with van der Waals surface area (Å²) in [6.45, 7) is 5.43. The number of hydrogen-bond acceptors (Lipinski definition) is 3. The Morgan fingerprint density at radius 2 is 2.04 bits per heavy atom. The molecule has 0 fully saturated rings. The van der Waals surface area contributed by atoms with E-state index in [2.05, 4.69) is 6.08 Å². The third-order valence-electron chi connectivity index (χ3n) is 5.19. The van der Waals surface area contributed by atoms with Crippen molar-refractivity contribution in [2.45, 2.75) is 26.7 Å². The molecule has 0 spiro atoms. The lowest BCUT2D eigenvalue weighted by Gasteiger charge is -2.22. The number of benzene rings is 1. The van der Waals surface area contributed by atoms with Crippen LogP contribution in [0.25, 0.3) is 5.57 Å². The summed E-state index contributed by atoms with van der Waals surface area (Å²) >= 11 is 0. The van der Waals surface area contributed by atoms with Gasteiger partial charge in [0, 0.05) is 30.5 Å². The van der Waals surface area contributed by atoms with Crippen LogP contribution in [0.4, 0.5) is 5.69 Å². The fourth-order valence-electron chi connectivity index (χ4n) is 3.89. The van der Waals surface area contributed by atoms with Crippen molar-refractivity contribution in [2.24, 2.45) is 4.99 Å². The van der Waals surface area contributed by atoms with E-state index >= 15 is 0 Å². The first kappa shape index (κ1) is 15.8. The van der Waals surface area contributed by atoms with Gasteiger partial charge in [-0.3, -0.25) is 9.59 Å².